The molecule has 1 aliphatic rings. The Hall–Kier alpha value is -2.15. The number of carbonyl (C=O) groups excluding carboxylic acids is 1. The van der Waals surface area contributed by atoms with Crippen LogP contribution < -0.4 is 0 Å². The average Bonchev–Trinajstić information content (AvgIpc) is 3.23. The molecule has 1 atom stereocenters. The zero-order chi connectivity index (χ0) is 17.8. The van der Waals surface area contributed by atoms with Crippen molar-refractivity contribution < 1.29 is 9.32 Å². The fourth-order valence-corrected chi connectivity index (χ4v) is 3.43. The smallest absolute Gasteiger partial charge is 0.276 e. The van der Waals surface area contributed by atoms with Gasteiger partial charge in [0.25, 0.3) is 5.91 Å². The molecular formula is C18H27N5O2. The first kappa shape index (κ1) is 17.7. The molecule has 7 nitrogen and oxygen atoms in total. The second-order valence-corrected chi connectivity index (χ2v) is 7.05. The summed E-state index contributed by atoms with van der Waals surface area (Å²) in [6.45, 7) is 5.27. The van der Waals surface area contributed by atoms with Crippen LogP contribution in [0.1, 0.15) is 47.3 Å². The number of hydrogen-bond donors (Lipinski definition) is 0. The van der Waals surface area contributed by atoms with Gasteiger partial charge in [0.15, 0.2) is 5.69 Å². The highest BCUT2D eigenvalue weighted by molar-refractivity contribution is 5.92. The van der Waals surface area contributed by atoms with Crippen LogP contribution in [0.3, 0.4) is 0 Å². The van der Waals surface area contributed by atoms with E-state index in [0.717, 1.165) is 44.7 Å². The molecule has 1 aliphatic heterocycles. The summed E-state index contributed by atoms with van der Waals surface area (Å²) in [6, 6.07) is 1.70. The highest BCUT2D eigenvalue weighted by Crippen LogP contribution is 2.27. The van der Waals surface area contributed by atoms with Crippen molar-refractivity contribution in [1.29, 1.82) is 0 Å². The number of amides is 1. The molecule has 3 heterocycles. The highest BCUT2D eigenvalue weighted by Gasteiger charge is 2.29. The lowest BCUT2D eigenvalue weighted by molar-refractivity contribution is 0.0692. The van der Waals surface area contributed by atoms with Gasteiger partial charge >= 0.3 is 0 Å². The molecule has 1 amide bonds. The van der Waals surface area contributed by atoms with Gasteiger partial charge in [-0.2, -0.15) is 0 Å². The fourth-order valence-electron chi connectivity index (χ4n) is 3.43. The molecule has 2 aromatic heterocycles. The lowest BCUT2D eigenvalue weighted by atomic mass is 9.96. The number of aryl methyl sites for hydroxylation is 2. The van der Waals surface area contributed by atoms with Crippen LogP contribution in [0.5, 0.6) is 0 Å². The summed E-state index contributed by atoms with van der Waals surface area (Å²) >= 11 is 0. The van der Waals surface area contributed by atoms with Gasteiger partial charge in [0, 0.05) is 44.0 Å². The maximum absolute atomic E-state index is 12.6. The van der Waals surface area contributed by atoms with Gasteiger partial charge in [-0.25, -0.2) is 4.98 Å². The van der Waals surface area contributed by atoms with Gasteiger partial charge in [-0.15, -0.1) is 0 Å². The predicted octanol–water partition coefficient (Wildman–Crippen LogP) is 2.15. The van der Waals surface area contributed by atoms with Crippen molar-refractivity contribution in [3.05, 3.63) is 35.7 Å². The van der Waals surface area contributed by atoms with Gasteiger partial charge in [-0.1, -0.05) is 5.16 Å². The molecule has 0 spiro atoms. The Kier molecular flexibility index (Phi) is 5.53. The summed E-state index contributed by atoms with van der Waals surface area (Å²) in [4.78, 5) is 21.3. The van der Waals surface area contributed by atoms with Crippen LogP contribution in [0, 0.1) is 6.92 Å². The molecule has 0 aliphatic carbocycles. The van der Waals surface area contributed by atoms with E-state index in [9.17, 15) is 4.79 Å². The average molecular weight is 345 g/mol. The zero-order valence-corrected chi connectivity index (χ0v) is 15.3. The van der Waals surface area contributed by atoms with Gasteiger partial charge in [0.2, 0.25) is 0 Å². The number of carbonyl (C=O) groups is 1. The van der Waals surface area contributed by atoms with Crippen molar-refractivity contribution in [1.82, 2.24) is 24.5 Å². The summed E-state index contributed by atoms with van der Waals surface area (Å²) in [7, 11) is 4.18. The number of piperidine rings is 1. The van der Waals surface area contributed by atoms with Crippen LogP contribution >= 0.6 is 0 Å². The number of hydrogen-bond acceptors (Lipinski definition) is 5. The minimum Gasteiger partial charge on any atom is -0.361 e. The fraction of sp³-hybridized carbons (Fsp3) is 0.611. The third-order valence-corrected chi connectivity index (χ3v) is 4.67. The SMILES string of the molecule is Cc1cc(C(=O)N2CCC[C@@H](c3nccn3CCCN(C)C)C2)no1. The van der Waals surface area contributed by atoms with E-state index in [4.69, 9.17) is 4.52 Å². The van der Waals surface area contributed by atoms with Crippen LogP contribution in [-0.2, 0) is 6.54 Å². The number of imidazole rings is 1. The number of aromatic nitrogens is 3. The molecule has 7 heteroatoms. The maximum Gasteiger partial charge on any atom is 0.276 e. The number of likely N-dealkylation sites (tertiary alicyclic amines) is 1. The molecule has 2 aromatic rings. The summed E-state index contributed by atoms with van der Waals surface area (Å²) in [5.41, 5.74) is 0.396. The second kappa shape index (κ2) is 7.82. The van der Waals surface area contributed by atoms with Crippen LogP contribution in [-0.4, -0.2) is 64.1 Å². The normalized spacial score (nSPS) is 18.1. The van der Waals surface area contributed by atoms with E-state index in [1.807, 2.05) is 17.3 Å². The molecule has 136 valence electrons. The monoisotopic (exact) mass is 345 g/mol. The molecule has 3 rings (SSSR count). The zero-order valence-electron chi connectivity index (χ0n) is 15.3. The van der Waals surface area contributed by atoms with Gasteiger partial charge < -0.3 is 18.9 Å². The van der Waals surface area contributed by atoms with E-state index in [1.165, 1.54) is 0 Å². The molecule has 25 heavy (non-hydrogen) atoms. The highest BCUT2D eigenvalue weighted by atomic mass is 16.5. The van der Waals surface area contributed by atoms with E-state index in [2.05, 4.69) is 33.7 Å². The largest absolute Gasteiger partial charge is 0.361 e. The van der Waals surface area contributed by atoms with Crippen molar-refractivity contribution in [2.75, 3.05) is 33.7 Å². The predicted molar refractivity (Wildman–Crippen MR) is 94.5 cm³/mol. The van der Waals surface area contributed by atoms with Gasteiger partial charge in [0.05, 0.1) is 0 Å². The Labute approximate surface area is 148 Å². The molecule has 0 unspecified atom stereocenters. The van der Waals surface area contributed by atoms with E-state index < -0.39 is 0 Å². The standard InChI is InChI=1S/C18H27N5O2/c1-14-12-16(20-25-14)18(24)23-9-4-6-15(13-23)17-19-7-11-22(17)10-5-8-21(2)3/h7,11-12,15H,4-6,8-10,13H2,1-3H3/t15-/m1/s1. The van der Waals surface area contributed by atoms with Crippen molar-refractivity contribution in [3.8, 4) is 0 Å². The molecule has 0 aromatic carbocycles. The molecular weight excluding hydrogens is 318 g/mol. The van der Waals surface area contributed by atoms with E-state index >= 15 is 0 Å². The first-order chi connectivity index (χ1) is 12.0. The third-order valence-electron chi connectivity index (χ3n) is 4.67. The van der Waals surface area contributed by atoms with Crippen molar-refractivity contribution in [2.24, 2.45) is 0 Å². The molecule has 0 bridgehead atoms. The molecule has 0 N–H and O–H groups in total. The second-order valence-electron chi connectivity index (χ2n) is 7.05. The quantitative estimate of drug-likeness (QED) is 0.802. The summed E-state index contributed by atoms with van der Waals surface area (Å²) in [6.07, 6.45) is 7.05. The first-order valence-corrected chi connectivity index (χ1v) is 8.93. The van der Waals surface area contributed by atoms with Crippen LogP contribution in [0.15, 0.2) is 23.0 Å². The van der Waals surface area contributed by atoms with E-state index in [-0.39, 0.29) is 11.8 Å². The Morgan fingerprint density at radius 3 is 3.00 bits per heavy atom. The van der Waals surface area contributed by atoms with E-state index in [1.54, 1.807) is 13.0 Å². The Balaban J connectivity index is 1.65. The van der Waals surface area contributed by atoms with Crippen LogP contribution in [0.4, 0.5) is 0 Å². The van der Waals surface area contributed by atoms with E-state index in [0.29, 0.717) is 18.0 Å². The topological polar surface area (TPSA) is 67.4 Å². The van der Waals surface area contributed by atoms with Crippen LogP contribution in [0.2, 0.25) is 0 Å². The number of rotatable bonds is 6. The maximum atomic E-state index is 12.6. The van der Waals surface area contributed by atoms with Crippen molar-refractivity contribution >= 4 is 5.91 Å². The number of nitrogens with zero attached hydrogens (tertiary/aromatic N) is 5. The van der Waals surface area contributed by atoms with Gasteiger partial charge in [0.1, 0.15) is 11.6 Å². The van der Waals surface area contributed by atoms with Gasteiger partial charge in [-0.3, -0.25) is 4.79 Å². The molecule has 0 radical (unpaired) electrons. The minimum absolute atomic E-state index is 0.0488. The summed E-state index contributed by atoms with van der Waals surface area (Å²) in [5.74, 6) is 1.98. The minimum atomic E-state index is -0.0488. The Morgan fingerprint density at radius 1 is 1.44 bits per heavy atom. The Bertz CT molecular complexity index is 706. The Morgan fingerprint density at radius 2 is 2.28 bits per heavy atom. The summed E-state index contributed by atoms with van der Waals surface area (Å²) in [5, 5.41) is 3.86. The molecule has 1 saturated heterocycles. The van der Waals surface area contributed by atoms with Crippen molar-refractivity contribution in [3.63, 3.8) is 0 Å². The first-order valence-electron chi connectivity index (χ1n) is 8.93. The lowest BCUT2D eigenvalue weighted by Crippen LogP contribution is -2.40. The van der Waals surface area contributed by atoms with Crippen LogP contribution in [0.25, 0.3) is 0 Å². The van der Waals surface area contributed by atoms with Gasteiger partial charge in [-0.05, 0) is 46.8 Å². The third kappa shape index (κ3) is 4.28. The summed E-state index contributed by atoms with van der Waals surface area (Å²) < 4.78 is 7.28. The molecule has 0 saturated carbocycles. The van der Waals surface area contributed by atoms with Crippen molar-refractivity contribution in [2.45, 2.75) is 38.6 Å². The lowest BCUT2D eigenvalue weighted by Gasteiger charge is -2.32. The molecule has 1 fully saturated rings.